The zero-order valence-corrected chi connectivity index (χ0v) is 19.8. The van der Waals surface area contributed by atoms with Crippen LogP contribution in [0.15, 0.2) is 77.7 Å². The van der Waals surface area contributed by atoms with E-state index in [9.17, 15) is 13.2 Å². The maximum Gasteiger partial charge on any atom is 0.264 e. The predicted molar refractivity (Wildman–Crippen MR) is 129 cm³/mol. The summed E-state index contributed by atoms with van der Waals surface area (Å²) in [7, 11) is -3.92. The molecule has 0 radical (unpaired) electrons. The van der Waals surface area contributed by atoms with E-state index >= 15 is 0 Å². The molecule has 168 valence electrons. The number of benzene rings is 3. The fourth-order valence-corrected chi connectivity index (χ4v) is 5.15. The van der Waals surface area contributed by atoms with Gasteiger partial charge in [-0.05, 0) is 62.1 Å². The Balaban J connectivity index is 1.89. The second-order valence-electron chi connectivity index (χ2n) is 8.00. The van der Waals surface area contributed by atoms with Crippen LogP contribution in [-0.4, -0.2) is 20.9 Å². The molecule has 3 rings (SSSR count). The Morgan fingerprint density at radius 3 is 2.22 bits per heavy atom. The quantitative estimate of drug-likeness (QED) is 0.529. The highest BCUT2D eigenvalue weighted by molar-refractivity contribution is 7.92. The third-order valence-corrected chi connectivity index (χ3v) is 7.28. The van der Waals surface area contributed by atoms with Gasteiger partial charge in [-0.15, -0.1) is 0 Å². The molecule has 1 N–H and O–H groups in total. The fraction of sp³-hybridized carbons (Fsp3) is 0.269. The lowest BCUT2D eigenvalue weighted by Crippen LogP contribution is -2.41. The van der Waals surface area contributed by atoms with E-state index in [4.69, 9.17) is 0 Å². The van der Waals surface area contributed by atoms with Gasteiger partial charge in [0, 0.05) is 0 Å². The van der Waals surface area contributed by atoms with Crippen LogP contribution >= 0.6 is 0 Å². The first-order valence-electron chi connectivity index (χ1n) is 10.8. The first-order valence-corrected chi connectivity index (χ1v) is 12.2. The van der Waals surface area contributed by atoms with Crippen molar-refractivity contribution < 1.29 is 13.2 Å². The highest BCUT2D eigenvalue weighted by atomic mass is 32.2. The minimum absolute atomic E-state index is 0.149. The van der Waals surface area contributed by atoms with Gasteiger partial charge in [-0.1, -0.05) is 67.1 Å². The fourth-order valence-electron chi connectivity index (χ4n) is 3.65. The molecule has 1 amide bonds. The summed E-state index contributed by atoms with van der Waals surface area (Å²) in [5, 5.41) is 2.94. The number of hydrogen-bond acceptors (Lipinski definition) is 3. The van der Waals surface area contributed by atoms with Gasteiger partial charge in [-0.25, -0.2) is 8.42 Å². The second-order valence-corrected chi connectivity index (χ2v) is 9.86. The van der Waals surface area contributed by atoms with Crippen LogP contribution in [0.2, 0.25) is 0 Å². The maximum atomic E-state index is 13.5. The van der Waals surface area contributed by atoms with Gasteiger partial charge in [0.1, 0.15) is 6.54 Å². The smallest absolute Gasteiger partial charge is 0.264 e. The lowest BCUT2D eigenvalue weighted by molar-refractivity contribution is -0.120. The van der Waals surface area contributed by atoms with Crippen LogP contribution in [0.5, 0.6) is 0 Å². The van der Waals surface area contributed by atoms with Crippen LogP contribution in [0.1, 0.15) is 42.1 Å². The van der Waals surface area contributed by atoms with Crippen molar-refractivity contribution in [2.75, 3.05) is 10.8 Å². The molecule has 6 heteroatoms. The number of nitrogens with one attached hydrogen (secondary N) is 1. The number of aryl methyl sites for hydroxylation is 3. The van der Waals surface area contributed by atoms with E-state index in [1.165, 1.54) is 9.87 Å². The molecule has 32 heavy (non-hydrogen) atoms. The largest absolute Gasteiger partial charge is 0.348 e. The third-order valence-electron chi connectivity index (χ3n) is 5.50. The molecule has 0 bridgehead atoms. The molecule has 0 unspecified atom stereocenters. The summed E-state index contributed by atoms with van der Waals surface area (Å²) >= 11 is 0. The lowest BCUT2D eigenvalue weighted by Gasteiger charge is -2.26. The monoisotopic (exact) mass is 450 g/mol. The lowest BCUT2D eigenvalue weighted by atomic mass is 10.1. The number of hydrogen-bond donors (Lipinski definition) is 1. The average molecular weight is 451 g/mol. The number of carbonyl (C=O) groups is 1. The van der Waals surface area contributed by atoms with Crippen molar-refractivity contribution in [1.82, 2.24) is 5.32 Å². The Kier molecular flexibility index (Phi) is 7.36. The summed E-state index contributed by atoms with van der Waals surface area (Å²) in [5.74, 6) is -0.364. The molecular formula is C26H30N2O3S. The number of anilines is 1. The molecule has 0 saturated carbocycles. The number of rotatable bonds is 8. The van der Waals surface area contributed by atoms with Gasteiger partial charge in [0.25, 0.3) is 10.0 Å². The minimum atomic E-state index is -3.92. The second kappa shape index (κ2) is 10.0. The molecule has 0 aliphatic rings. The Morgan fingerprint density at radius 1 is 0.969 bits per heavy atom. The Morgan fingerprint density at radius 2 is 1.62 bits per heavy atom. The molecule has 3 aromatic carbocycles. The van der Waals surface area contributed by atoms with Gasteiger partial charge < -0.3 is 5.32 Å². The Labute approximate surface area is 191 Å². The molecule has 0 aliphatic heterocycles. The Hall–Kier alpha value is -3.12. The first kappa shape index (κ1) is 23.5. The number of amides is 1. The summed E-state index contributed by atoms with van der Waals surface area (Å²) in [6.45, 7) is 7.48. The van der Waals surface area contributed by atoms with Crippen LogP contribution in [-0.2, 0) is 21.2 Å². The number of sulfonamides is 1. The van der Waals surface area contributed by atoms with Gasteiger partial charge in [0.2, 0.25) is 5.91 Å². The van der Waals surface area contributed by atoms with Crippen molar-refractivity contribution >= 4 is 21.6 Å². The minimum Gasteiger partial charge on any atom is -0.348 e. The summed E-state index contributed by atoms with van der Waals surface area (Å²) in [4.78, 5) is 13.1. The highest BCUT2D eigenvalue weighted by Gasteiger charge is 2.28. The predicted octanol–water partition coefficient (Wildman–Crippen LogP) is 4.94. The van der Waals surface area contributed by atoms with Gasteiger partial charge >= 0.3 is 0 Å². The molecule has 0 spiro atoms. The van der Waals surface area contributed by atoms with E-state index in [1.807, 2.05) is 57.2 Å². The van der Waals surface area contributed by atoms with Crippen LogP contribution in [0, 0.1) is 13.8 Å². The van der Waals surface area contributed by atoms with Crippen molar-refractivity contribution in [3.05, 3.63) is 95.1 Å². The van der Waals surface area contributed by atoms with Gasteiger partial charge in [0.15, 0.2) is 0 Å². The van der Waals surface area contributed by atoms with E-state index in [1.54, 1.807) is 36.4 Å². The van der Waals surface area contributed by atoms with Gasteiger partial charge in [-0.3, -0.25) is 9.10 Å². The van der Waals surface area contributed by atoms with Crippen molar-refractivity contribution in [2.45, 2.75) is 45.1 Å². The molecule has 5 nitrogen and oxygen atoms in total. The molecular weight excluding hydrogens is 420 g/mol. The number of carbonyl (C=O) groups excluding carboxylic acids is 1. The van der Waals surface area contributed by atoms with E-state index in [0.29, 0.717) is 5.69 Å². The average Bonchev–Trinajstić information content (AvgIpc) is 2.78. The van der Waals surface area contributed by atoms with E-state index in [2.05, 4.69) is 12.2 Å². The van der Waals surface area contributed by atoms with Crippen molar-refractivity contribution in [2.24, 2.45) is 0 Å². The molecule has 1 atom stereocenters. The van der Waals surface area contributed by atoms with Gasteiger partial charge in [-0.2, -0.15) is 0 Å². The molecule has 0 aliphatic carbocycles. The maximum absolute atomic E-state index is 13.5. The highest BCUT2D eigenvalue weighted by Crippen LogP contribution is 2.27. The molecule has 0 saturated heterocycles. The molecule has 0 aromatic heterocycles. The summed E-state index contributed by atoms with van der Waals surface area (Å²) in [5.41, 5.74) is 4.51. The zero-order valence-electron chi connectivity index (χ0n) is 19.0. The van der Waals surface area contributed by atoms with Crippen molar-refractivity contribution in [1.29, 1.82) is 0 Å². The third kappa shape index (κ3) is 5.37. The van der Waals surface area contributed by atoms with Crippen LogP contribution in [0.4, 0.5) is 5.69 Å². The van der Waals surface area contributed by atoms with Crippen molar-refractivity contribution in [3.8, 4) is 0 Å². The zero-order chi connectivity index (χ0) is 23.3. The van der Waals surface area contributed by atoms with Crippen molar-refractivity contribution in [3.63, 3.8) is 0 Å². The summed E-state index contributed by atoms with van der Waals surface area (Å²) in [6, 6.07) is 21.6. The molecule has 3 aromatic rings. The standard InChI is InChI=1S/C26H30N2O3S/c1-5-22-12-14-23(15-13-22)21(4)27-26(29)18-28(25-16-11-19(2)17-20(25)3)32(30,31)24-9-7-6-8-10-24/h6-17,21H,5,18H2,1-4H3,(H,27,29)/t21-/m1/s1. The van der Waals surface area contributed by atoms with E-state index in [-0.39, 0.29) is 23.4 Å². The van der Waals surface area contributed by atoms with E-state index < -0.39 is 10.0 Å². The van der Waals surface area contributed by atoms with Crippen LogP contribution in [0.3, 0.4) is 0 Å². The summed E-state index contributed by atoms with van der Waals surface area (Å²) in [6.07, 6.45) is 0.948. The van der Waals surface area contributed by atoms with Crippen LogP contribution in [0.25, 0.3) is 0 Å². The molecule has 0 heterocycles. The number of nitrogens with zero attached hydrogens (tertiary/aromatic N) is 1. The van der Waals surface area contributed by atoms with Crippen LogP contribution < -0.4 is 9.62 Å². The van der Waals surface area contributed by atoms with Gasteiger partial charge in [0.05, 0.1) is 16.6 Å². The Bertz CT molecular complexity index is 1170. The SMILES string of the molecule is CCc1ccc([C@@H](C)NC(=O)CN(c2ccc(C)cc2C)S(=O)(=O)c2ccccc2)cc1. The van der Waals surface area contributed by atoms with E-state index in [0.717, 1.165) is 23.1 Å². The normalized spacial score (nSPS) is 12.2. The molecule has 0 fully saturated rings. The summed E-state index contributed by atoms with van der Waals surface area (Å²) < 4.78 is 28.1. The topological polar surface area (TPSA) is 66.5 Å². The first-order chi connectivity index (χ1) is 15.2.